The minimum Gasteiger partial charge on any atom is -0.497 e. The molecule has 2 N–H and O–H groups in total. The first kappa shape index (κ1) is 15.6. The third kappa shape index (κ3) is 4.61. The van der Waals surface area contributed by atoms with E-state index in [1.807, 2.05) is 12.1 Å². The smallest absolute Gasteiger partial charge is 0.118 e. The second-order valence-electron chi connectivity index (χ2n) is 5.74. The molecule has 21 heavy (non-hydrogen) atoms. The lowest BCUT2D eigenvalue weighted by Crippen LogP contribution is -2.16. The zero-order chi connectivity index (χ0) is 15.1. The van der Waals surface area contributed by atoms with Crippen LogP contribution < -0.4 is 10.5 Å². The number of methoxy groups -OCH3 is 1. The van der Waals surface area contributed by atoms with E-state index >= 15 is 0 Å². The van der Waals surface area contributed by atoms with Crippen molar-refractivity contribution in [3.63, 3.8) is 0 Å². The maximum absolute atomic E-state index is 5.99. The van der Waals surface area contributed by atoms with Gasteiger partial charge in [0.15, 0.2) is 0 Å². The Morgan fingerprint density at radius 2 is 1.67 bits per heavy atom. The molecule has 112 valence electrons. The van der Waals surface area contributed by atoms with Gasteiger partial charge in [-0.25, -0.2) is 0 Å². The fraction of sp³-hybridized carbons (Fsp3) is 0.368. The lowest BCUT2D eigenvalue weighted by Gasteiger charge is -2.20. The highest BCUT2D eigenvalue weighted by atomic mass is 16.5. The van der Waals surface area contributed by atoms with Crippen molar-refractivity contribution in [2.45, 2.75) is 25.7 Å². The Morgan fingerprint density at radius 1 is 1.00 bits per heavy atom. The van der Waals surface area contributed by atoms with Gasteiger partial charge < -0.3 is 10.5 Å². The Labute approximate surface area is 127 Å². The molecule has 2 nitrogen and oxygen atoms in total. The SMILES string of the molecule is COc1ccc(C(CN)CC(C)Cc2ccccc2)cc1. The van der Waals surface area contributed by atoms with Gasteiger partial charge >= 0.3 is 0 Å². The van der Waals surface area contributed by atoms with Crippen molar-refractivity contribution in [1.29, 1.82) is 0 Å². The van der Waals surface area contributed by atoms with Crippen molar-refractivity contribution in [3.8, 4) is 5.75 Å². The van der Waals surface area contributed by atoms with Crippen LogP contribution in [-0.4, -0.2) is 13.7 Å². The topological polar surface area (TPSA) is 35.2 Å². The Hall–Kier alpha value is -1.80. The number of benzene rings is 2. The van der Waals surface area contributed by atoms with E-state index in [0.717, 1.165) is 18.6 Å². The molecule has 2 heteroatoms. The maximum atomic E-state index is 5.99. The zero-order valence-corrected chi connectivity index (χ0v) is 13.0. The quantitative estimate of drug-likeness (QED) is 0.833. The van der Waals surface area contributed by atoms with Crippen molar-refractivity contribution in [2.75, 3.05) is 13.7 Å². The number of hydrogen-bond donors (Lipinski definition) is 1. The van der Waals surface area contributed by atoms with Crippen LogP contribution in [0.3, 0.4) is 0 Å². The van der Waals surface area contributed by atoms with Crippen molar-refractivity contribution in [1.82, 2.24) is 0 Å². The van der Waals surface area contributed by atoms with Gasteiger partial charge in [0.1, 0.15) is 5.75 Å². The molecule has 0 aliphatic carbocycles. The molecule has 2 unspecified atom stereocenters. The van der Waals surface area contributed by atoms with Gasteiger partial charge in [0, 0.05) is 0 Å². The molecule has 0 saturated heterocycles. The van der Waals surface area contributed by atoms with E-state index in [-0.39, 0.29) is 0 Å². The second kappa shape index (κ2) is 7.84. The summed E-state index contributed by atoms with van der Waals surface area (Å²) in [5.41, 5.74) is 8.69. The van der Waals surface area contributed by atoms with Crippen LogP contribution in [0.1, 0.15) is 30.4 Å². The summed E-state index contributed by atoms with van der Waals surface area (Å²) < 4.78 is 5.21. The number of hydrogen-bond acceptors (Lipinski definition) is 2. The molecule has 0 aromatic heterocycles. The van der Waals surface area contributed by atoms with Crippen LogP contribution in [0.25, 0.3) is 0 Å². The van der Waals surface area contributed by atoms with Crippen molar-refractivity contribution in [3.05, 3.63) is 65.7 Å². The second-order valence-corrected chi connectivity index (χ2v) is 5.74. The van der Waals surface area contributed by atoms with Gasteiger partial charge in [-0.2, -0.15) is 0 Å². The minimum atomic E-state index is 0.412. The first-order valence-electron chi connectivity index (χ1n) is 7.61. The lowest BCUT2D eigenvalue weighted by molar-refractivity contribution is 0.414. The summed E-state index contributed by atoms with van der Waals surface area (Å²) in [7, 11) is 1.69. The zero-order valence-electron chi connectivity index (χ0n) is 13.0. The van der Waals surface area contributed by atoms with Crippen molar-refractivity contribution in [2.24, 2.45) is 11.7 Å². The average Bonchev–Trinajstić information content (AvgIpc) is 2.53. The molecule has 0 spiro atoms. The van der Waals surface area contributed by atoms with Gasteiger partial charge in [-0.1, -0.05) is 49.4 Å². The summed E-state index contributed by atoms with van der Waals surface area (Å²) in [5.74, 6) is 1.92. The first-order chi connectivity index (χ1) is 10.2. The molecule has 2 atom stereocenters. The predicted octanol–water partition coefficient (Wildman–Crippen LogP) is 4.01. The molecular formula is C19H25NO. The van der Waals surface area contributed by atoms with E-state index in [2.05, 4.69) is 49.4 Å². The molecular weight excluding hydrogens is 258 g/mol. The highest BCUT2D eigenvalue weighted by Gasteiger charge is 2.14. The molecule has 2 rings (SSSR count). The largest absolute Gasteiger partial charge is 0.497 e. The summed E-state index contributed by atoms with van der Waals surface area (Å²) in [4.78, 5) is 0. The first-order valence-corrected chi connectivity index (χ1v) is 7.61. The Bertz CT molecular complexity index is 521. The van der Waals surface area contributed by atoms with Crippen LogP contribution in [0.15, 0.2) is 54.6 Å². The third-order valence-corrected chi connectivity index (χ3v) is 3.99. The van der Waals surface area contributed by atoms with E-state index in [4.69, 9.17) is 10.5 Å². The fourth-order valence-corrected chi connectivity index (χ4v) is 2.83. The molecule has 0 aliphatic heterocycles. The normalized spacial score (nSPS) is 13.7. The van der Waals surface area contributed by atoms with Crippen LogP contribution >= 0.6 is 0 Å². The molecule has 0 bridgehead atoms. The Balaban J connectivity index is 1.97. The monoisotopic (exact) mass is 283 g/mol. The van der Waals surface area contributed by atoms with Gasteiger partial charge in [-0.15, -0.1) is 0 Å². The third-order valence-electron chi connectivity index (χ3n) is 3.99. The lowest BCUT2D eigenvalue weighted by atomic mass is 9.86. The molecule has 0 heterocycles. The van der Waals surface area contributed by atoms with E-state index in [9.17, 15) is 0 Å². The summed E-state index contributed by atoms with van der Waals surface area (Å²) in [6.45, 7) is 2.99. The predicted molar refractivity (Wildman–Crippen MR) is 88.7 cm³/mol. The molecule has 0 fully saturated rings. The number of ether oxygens (including phenoxy) is 1. The van der Waals surface area contributed by atoms with Crippen LogP contribution in [0.2, 0.25) is 0 Å². The summed E-state index contributed by atoms with van der Waals surface area (Å²) in [5, 5.41) is 0. The summed E-state index contributed by atoms with van der Waals surface area (Å²) >= 11 is 0. The van der Waals surface area contributed by atoms with Crippen LogP contribution in [0, 0.1) is 5.92 Å². The molecule has 0 radical (unpaired) electrons. The highest BCUT2D eigenvalue weighted by Crippen LogP contribution is 2.26. The van der Waals surface area contributed by atoms with E-state index < -0.39 is 0 Å². The number of rotatable bonds is 7. The Kier molecular flexibility index (Phi) is 5.82. The van der Waals surface area contributed by atoms with Gasteiger partial charge in [0.05, 0.1) is 7.11 Å². The standard InChI is InChI=1S/C19H25NO/c1-15(12-16-6-4-3-5-7-16)13-18(14-20)17-8-10-19(21-2)11-9-17/h3-11,15,18H,12-14,20H2,1-2H3. The molecule has 2 aromatic rings. The van der Waals surface area contributed by atoms with Crippen molar-refractivity contribution < 1.29 is 4.74 Å². The molecule has 0 amide bonds. The minimum absolute atomic E-state index is 0.412. The van der Waals surface area contributed by atoms with Gasteiger partial charge in [0.25, 0.3) is 0 Å². The van der Waals surface area contributed by atoms with Gasteiger partial charge in [-0.05, 0) is 54.5 Å². The summed E-state index contributed by atoms with van der Waals surface area (Å²) in [6.07, 6.45) is 2.21. The van der Waals surface area contributed by atoms with Crippen LogP contribution in [0.5, 0.6) is 5.75 Å². The van der Waals surface area contributed by atoms with E-state index in [0.29, 0.717) is 18.4 Å². The Morgan fingerprint density at radius 3 is 2.24 bits per heavy atom. The number of nitrogens with two attached hydrogens (primary N) is 1. The maximum Gasteiger partial charge on any atom is 0.118 e. The molecule has 0 aliphatic rings. The van der Waals surface area contributed by atoms with Crippen molar-refractivity contribution >= 4 is 0 Å². The highest BCUT2D eigenvalue weighted by molar-refractivity contribution is 5.29. The van der Waals surface area contributed by atoms with Crippen LogP contribution in [0.4, 0.5) is 0 Å². The van der Waals surface area contributed by atoms with E-state index in [1.165, 1.54) is 11.1 Å². The summed E-state index contributed by atoms with van der Waals surface area (Å²) in [6, 6.07) is 19.0. The van der Waals surface area contributed by atoms with E-state index in [1.54, 1.807) is 7.11 Å². The van der Waals surface area contributed by atoms with Gasteiger partial charge in [-0.3, -0.25) is 0 Å². The van der Waals surface area contributed by atoms with Gasteiger partial charge in [0.2, 0.25) is 0 Å². The van der Waals surface area contributed by atoms with Crippen LogP contribution in [-0.2, 0) is 6.42 Å². The molecule has 2 aromatic carbocycles. The average molecular weight is 283 g/mol. The molecule has 0 saturated carbocycles. The fourth-order valence-electron chi connectivity index (χ4n) is 2.83.